The van der Waals surface area contributed by atoms with E-state index in [2.05, 4.69) is 35.8 Å². The molecule has 1 heterocycles. The van der Waals surface area contributed by atoms with Crippen molar-refractivity contribution in [1.29, 1.82) is 0 Å². The largest absolute Gasteiger partial charge is 0.490 e. The van der Waals surface area contributed by atoms with Gasteiger partial charge in [-0.3, -0.25) is 0 Å². The van der Waals surface area contributed by atoms with Crippen molar-refractivity contribution in [3.8, 4) is 5.75 Å². The first-order chi connectivity index (χ1) is 14.0. The summed E-state index contributed by atoms with van der Waals surface area (Å²) in [7, 11) is -3.06. The Morgan fingerprint density at radius 2 is 2.03 bits per heavy atom. The van der Waals surface area contributed by atoms with Gasteiger partial charge in [-0.15, -0.1) is 0 Å². The molecular weight excluding hydrogens is 388 g/mol. The summed E-state index contributed by atoms with van der Waals surface area (Å²) in [6.07, 6.45) is 5.76. The van der Waals surface area contributed by atoms with E-state index in [-0.39, 0.29) is 5.75 Å². The molecule has 0 spiro atoms. The SMILES string of the molecule is CCNC(=NCc1ccc(C)cc1OC1CCCC1)NCCN1CCCS1(=O)=O. The number of hydrogen-bond acceptors (Lipinski definition) is 4. The van der Waals surface area contributed by atoms with Gasteiger partial charge in [-0.2, -0.15) is 0 Å². The first kappa shape index (κ1) is 21.9. The second-order valence-corrected chi connectivity index (χ2v) is 9.91. The summed E-state index contributed by atoms with van der Waals surface area (Å²) in [5.74, 6) is 1.88. The van der Waals surface area contributed by atoms with Crippen LogP contribution in [0.4, 0.5) is 0 Å². The number of hydrogen-bond donors (Lipinski definition) is 2. The van der Waals surface area contributed by atoms with Crippen LogP contribution in [0.25, 0.3) is 0 Å². The summed E-state index contributed by atoms with van der Waals surface area (Å²) >= 11 is 0. The van der Waals surface area contributed by atoms with Gasteiger partial charge in [0.05, 0.1) is 18.4 Å². The van der Waals surface area contributed by atoms with Gasteiger partial charge in [0.15, 0.2) is 5.96 Å². The second kappa shape index (κ2) is 10.3. The lowest BCUT2D eigenvalue weighted by Crippen LogP contribution is -2.42. The molecule has 1 aliphatic carbocycles. The third kappa shape index (κ3) is 6.34. The fraction of sp³-hybridized carbons (Fsp3) is 0.667. The molecule has 0 amide bonds. The summed E-state index contributed by atoms with van der Waals surface area (Å²) < 4.78 is 31.7. The number of rotatable bonds is 8. The molecule has 2 fully saturated rings. The maximum atomic E-state index is 11.9. The Balaban J connectivity index is 1.60. The molecule has 2 aliphatic rings. The number of ether oxygens (including phenoxy) is 1. The summed E-state index contributed by atoms with van der Waals surface area (Å²) in [5.41, 5.74) is 2.25. The average molecular weight is 423 g/mol. The van der Waals surface area contributed by atoms with Gasteiger partial charge in [0.1, 0.15) is 5.75 Å². The van der Waals surface area contributed by atoms with Gasteiger partial charge < -0.3 is 15.4 Å². The zero-order chi connectivity index (χ0) is 20.7. The Morgan fingerprint density at radius 1 is 1.24 bits per heavy atom. The summed E-state index contributed by atoms with van der Waals surface area (Å²) in [5, 5.41) is 6.48. The van der Waals surface area contributed by atoms with E-state index < -0.39 is 10.0 Å². The van der Waals surface area contributed by atoms with Gasteiger partial charge in [0.2, 0.25) is 10.0 Å². The maximum absolute atomic E-state index is 11.9. The molecule has 1 aliphatic heterocycles. The van der Waals surface area contributed by atoms with Gasteiger partial charge >= 0.3 is 0 Å². The molecule has 29 heavy (non-hydrogen) atoms. The molecule has 1 saturated carbocycles. The summed E-state index contributed by atoms with van der Waals surface area (Å²) in [6, 6.07) is 6.27. The smallest absolute Gasteiger partial charge is 0.214 e. The van der Waals surface area contributed by atoms with Crippen LogP contribution >= 0.6 is 0 Å². The van der Waals surface area contributed by atoms with Gasteiger partial charge in [0, 0.05) is 31.7 Å². The quantitative estimate of drug-likeness (QED) is 0.497. The van der Waals surface area contributed by atoms with Crippen LogP contribution in [0.1, 0.15) is 50.2 Å². The van der Waals surface area contributed by atoms with Crippen LogP contribution in [0, 0.1) is 6.92 Å². The Morgan fingerprint density at radius 3 is 2.72 bits per heavy atom. The van der Waals surface area contributed by atoms with E-state index in [0.717, 1.165) is 30.7 Å². The second-order valence-electron chi connectivity index (χ2n) is 7.83. The van der Waals surface area contributed by atoms with Gasteiger partial charge in [0.25, 0.3) is 0 Å². The first-order valence-electron chi connectivity index (χ1n) is 10.7. The van der Waals surface area contributed by atoms with Crippen LogP contribution in [-0.2, 0) is 16.6 Å². The Kier molecular flexibility index (Phi) is 7.77. The standard InChI is InChI=1S/C21H34N4O3S/c1-3-22-21(23-11-13-25-12-6-14-29(25,26)27)24-16-18-10-9-17(2)15-20(18)28-19-7-4-5-8-19/h9-10,15,19H,3-8,11-14,16H2,1-2H3,(H2,22,23,24). The van der Waals surface area contributed by atoms with Crippen molar-refractivity contribution in [3.05, 3.63) is 29.3 Å². The molecule has 0 radical (unpaired) electrons. The first-order valence-corrected chi connectivity index (χ1v) is 12.3. The highest BCUT2D eigenvalue weighted by Gasteiger charge is 2.27. The number of sulfonamides is 1. The van der Waals surface area contributed by atoms with E-state index in [1.165, 1.54) is 18.4 Å². The fourth-order valence-electron chi connectivity index (χ4n) is 3.84. The highest BCUT2D eigenvalue weighted by atomic mass is 32.2. The van der Waals surface area contributed by atoms with Crippen LogP contribution in [0.3, 0.4) is 0 Å². The molecular formula is C21H34N4O3S. The Hall–Kier alpha value is -1.80. The van der Waals surface area contributed by atoms with E-state index in [4.69, 9.17) is 9.73 Å². The fourth-order valence-corrected chi connectivity index (χ4v) is 5.36. The lowest BCUT2D eigenvalue weighted by molar-refractivity contribution is 0.208. The molecule has 3 rings (SSSR count). The molecule has 1 aromatic rings. The number of benzene rings is 1. The van der Waals surface area contributed by atoms with Crippen molar-refractivity contribution < 1.29 is 13.2 Å². The maximum Gasteiger partial charge on any atom is 0.214 e. The minimum atomic E-state index is -3.06. The molecule has 7 nitrogen and oxygen atoms in total. The third-order valence-corrected chi connectivity index (χ3v) is 7.38. The van der Waals surface area contributed by atoms with E-state index in [1.54, 1.807) is 4.31 Å². The Labute approximate surface area is 175 Å². The number of nitrogens with zero attached hydrogens (tertiary/aromatic N) is 2. The number of nitrogens with one attached hydrogen (secondary N) is 2. The van der Waals surface area contributed by atoms with E-state index in [1.807, 2.05) is 6.92 Å². The summed E-state index contributed by atoms with van der Waals surface area (Å²) in [6.45, 7) is 6.96. The number of guanidine groups is 1. The predicted octanol–water partition coefficient (Wildman–Crippen LogP) is 2.41. The van der Waals surface area contributed by atoms with Crippen LogP contribution in [0.2, 0.25) is 0 Å². The van der Waals surface area contributed by atoms with Gasteiger partial charge in [-0.1, -0.05) is 12.1 Å². The van der Waals surface area contributed by atoms with Gasteiger partial charge in [-0.05, 0) is 57.6 Å². The van der Waals surface area contributed by atoms with Crippen molar-refractivity contribution in [2.75, 3.05) is 31.9 Å². The van der Waals surface area contributed by atoms with Crippen molar-refractivity contribution >= 4 is 16.0 Å². The van der Waals surface area contributed by atoms with E-state index in [9.17, 15) is 8.42 Å². The van der Waals surface area contributed by atoms with Gasteiger partial charge in [-0.25, -0.2) is 17.7 Å². The minimum absolute atomic E-state index is 0.262. The average Bonchev–Trinajstić information content (AvgIpc) is 3.30. The van der Waals surface area contributed by atoms with E-state index >= 15 is 0 Å². The zero-order valence-electron chi connectivity index (χ0n) is 17.6. The molecule has 0 unspecified atom stereocenters. The highest BCUT2D eigenvalue weighted by Crippen LogP contribution is 2.28. The normalized spacial score (nSPS) is 20.1. The third-order valence-electron chi connectivity index (χ3n) is 5.43. The molecule has 1 aromatic carbocycles. The molecule has 1 saturated heterocycles. The predicted molar refractivity (Wildman–Crippen MR) is 117 cm³/mol. The molecule has 162 valence electrons. The molecule has 0 atom stereocenters. The molecule has 2 N–H and O–H groups in total. The zero-order valence-corrected chi connectivity index (χ0v) is 18.4. The van der Waals surface area contributed by atoms with Crippen molar-refractivity contribution in [2.24, 2.45) is 4.99 Å². The van der Waals surface area contributed by atoms with Crippen LogP contribution < -0.4 is 15.4 Å². The van der Waals surface area contributed by atoms with E-state index in [0.29, 0.717) is 44.7 Å². The topological polar surface area (TPSA) is 83.0 Å². The Bertz CT molecular complexity index is 804. The monoisotopic (exact) mass is 422 g/mol. The highest BCUT2D eigenvalue weighted by molar-refractivity contribution is 7.89. The lowest BCUT2D eigenvalue weighted by Gasteiger charge is -2.18. The number of aryl methyl sites for hydroxylation is 1. The van der Waals surface area contributed by atoms with Crippen molar-refractivity contribution in [1.82, 2.24) is 14.9 Å². The van der Waals surface area contributed by atoms with Crippen molar-refractivity contribution in [2.45, 2.75) is 58.6 Å². The number of aliphatic imine (C=N–C) groups is 1. The lowest BCUT2D eigenvalue weighted by atomic mass is 10.1. The van der Waals surface area contributed by atoms with Crippen LogP contribution in [-0.4, -0.2) is 56.7 Å². The minimum Gasteiger partial charge on any atom is -0.490 e. The molecule has 0 bridgehead atoms. The van der Waals surface area contributed by atoms with Crippen LogP contribution in [0.5, 0.6) is 5.75 Å². The summed E-state index contributed by atoms with van der Waals surface area (Å²) in [4.78, 5) is 4.70. The van der Waals surface area contributed by atoms with Crippen molar-refractivity contribution in [3.63, 3.8) is 0 Å². The molecule has 0 aromatic heterocycles. The molecule has 8 heteroatoms. The van der Waals surface area contributed by atoms with Crippen LogP contribution in [0.15, 0.2) is 23.2 Å².